The third-order valence-corrected chi connectivity index (χ3v) is 9.80. The van der Waals surface area contributed by atoms with E-state index in [0.717, 1.165) is 56.2 Å². The van der Waals surface area contributed by atoms with E-state index in [2.05, 4.69) is 96.5 Å². The lowest BCUT2D eigenvalue weighted by Gasteiger charge is -2.22. The predicted molar refractivity (Wildman–Crippen MR) is 198 cm³/mol. The molecule has 2 aromatic heterocycles. The summed E-state index contributed by atoms with van der Waals surface area (Å²) in [6.07, 6.45) is 0.726. The zero-order valence-corrected chi connectivity index (χ0v) is 27.1. The van der Waals surface area contributed by atoms with Crippen LogP contribution >= 0.6 is 0 Å². The van der Waals surface area contributed by atoms with Crippen LogP contribution in [0.2, 0.25) is 0 Å². The van der Waals surface area contributed by atoms with E-state index in [4.69, 9.17) is 15.0 Å². The Bertz CT molecular complexity index is 2510. The Morgan fingerprint density at radius 2 is 1.18 bits per heavy atom. The molecule has 9 rings (SSSR count). The van der Waals surface area contributed by atoms with Gasteiger partial charge in [-0.15, -0.1) is 0 Å². The van der Waals surface area contributed by atoms with Crippen molar-refractivity contribution in [2.45, 2.75) is 19.3 Å². The fraction of sp³-hybridized carbons (Fsp3) is 0.0698. The molecule has 8 aromatic rings. The molecule has 0 saturated carbocycles. The Kier molecular flexibility index (Phi) is 6.52. The summed E-state index contributed by atoms with van der Waals surface area (Å²) in [5, 5.41) is 5.06. The standard InChI is InChI=1S/C43H31N5O/c1-43(2)36-21-19-31(44-26-49)25-34(36)32-20-17-30(24-37(32)43)29-18-22-39-35(23-29)33-15-9-10-16-38(33)48(39)42-46-40(27-11-5-3-6-12-27)45-41(47-42)28-13-7-4-8-14-28/h3-26H,1-2H3,(H,44,49). The molecule has 1 aliphatic rings. The molecule has 2 heterocycles. The lowest BCUT2D eigenvalue weighted by Crippen LogP contribution is -2.15. The molecule has 0 saturated heterocycles. The van der Waals surface area contributed by atoms with Crippen molar-refractivity contribution < 1.29 is 4.79 Å². The van der Waals surface area contributed by atoms with E-state index >= 15 is 0 Å². The minimum Gasteiger partial charge on any atom is -0.329 e. The van der Waals surface area contributed by atoms with Crippen LogP contribution in [0.25, 0.3) is 72.8 Å². The molecule has 6 nitrogen and oxygen atoms in total. The van der Waals surface area contributed by atoms with E-state index in [1.165, 1.54) is 22.3 Å². The van der Waals surface area contributed by atoms with Crippen molar-refractivity contribution in [3.05, 3.63) is 151 Å². The van der Waals surface area contributed by atoms with Crippen molar-refractivity contribution in [2.75, 3.05) is 5.32 Å². The van der Waals surface area contributed by atoms with Gasteiger partial charge in [-0.05, 0) is 69.8 Å². The molecule has 0 bridgehead atoms. The first-order chi connectivity index (χ1) is 24.0. The molecule has 0 unspecified atom stereocenters. The van der Waals surface area contributed by atoms with Crippen molar-refractivity contribution >= 4 is 33.9 Å². The maximum atomic E-state index is 11.1. The molecule has 6 heteroatoms. The highest BCUT2D eigenvalue weighted by atomic mass is 16.1. The minimum atomic E-state index is -0.174. The quantitative estimate of drug-likeness (QED) is 0.185. The molecule has 0 atom stereocenters. The second-order valence-electron chi connectivity index (χ2n) is 13.0. The van der Waals surface area contributed by atoms with Gasteiger partial charge in [0.2, 0.25) is 12.4 Å². The Hall–Kier alpha value is -6.40. The lowest BCUT2D eigenvalue weighted by molar-refractivity contribution is -0.105. The van der Waals surface area contributed by atoms with Crippen LogP contribution < -0.4 is 5.32 Å². The molecular formula is C43H31N5O. The summed E-state index contributed by atoms with van der Waals surface area (Å²) < 4.78 is 2.16. The summed E-state index contributed by atoms with van der Waals surface area (Å²) in [5.41, 5.74) is 11.8. The van der Waals surface area contributed by atoms with Gasteiger partial charge in [0, 0.05) is 33.0 Å². The Morgan fingerprint density at radius 3 is 1.90 bits per heavy atom. The Balaban J connectivity index is 1.21. The lowest BCUT2D eigenvalue weighted by atomic mass is 9.81. The number of nitrogens with zero attached hydrogens (tertiary/aromatic N) is 4. The number of rotatable bonds is 6. The maximum absolute atomic E-state index is 11.1. The number of aromatic nitrogens is 4. The van der Waals surface area contributed by atoms with Gasteiger partial charge in [-0.2, -0.15) is 9.97 Å². The van der Waals surface area contributed by atoms with Crippen molar-refractivity contribution in [3.8, 4) is 51.0 Å². The van der Waals surface area contributed by atoms with E-state index in [1.807, 2.05) is 66.7 Å². The summed E-state index contributed by atoms with van der Waals surface area (Å²) in [6.45, 7) is 4.54. The van der Waals surface area contributed by atoms with Crippen LogP contribution in [-0.4, -0.2) is 25.9 Å². The fourth-order valence-corrected chi connectivity index (χ4v) is 7.36. The van der Waals surface area contributed by atoms with Crippen molar-refractivity contribution in [1.82, 2.24) is 19.5 Å². The average Bonchev–Trinajstić information content (AvgIpc) is 3.60. The number of carbonyl (C=O) groups is 1. The molecule has 0 spiro atoms. The van der Waals surface area contributed by atoms with Gasteiger partial charge in [-0.25, -0.2) is 4.98 Å². The summed E-state index contributed by atoms with van der Waals surface area (Å²) in [5.74, 6) is 1.83. The van der Waals surface area contributed by atoms with Gasteiger partial charge in [-0.1, -0.05) is 117 Å². The van der Waals surface area contributed by atoms with Crippen LogP contribution in [0, 0.1) is 0 Å². The molecule has 1 aliphatic carbocycles. The van der Waals surface area contributed by atoms with Crippen molar-refractivity contribution in [2.24, 2.45) is 0 Å². The van der Waals surface area contributed by atoms with Crippen LogP contribution in [0.4, 0.5) is 5.69 Å². The van der Waals surface area contributed by atoms with Crippen molar-refractivity contribution in [1.29, 1.82) is 0 Å². The van der Waals surface area contributed by atoms with Gasteiger partial charge >= 0.3 is 0 Å². The molecule has 49 heavy (non-hydrogen) atoms. The van der Waals surface area contributed by atoms with E-state index in [0.29, 0.717) is 17.6 Å². The zero-order valence-electron chi connectivity index (χ0n) is 27.1. The second-order valence-corrected chi connectivity index (χ2v) is 13.0. The Labute approximate surface area is 283 Å². The normalized spacial score (nSPS) is 12.9. The monoisotopic (exact) mass is 633 g/mol. The predicted octanol–water partition coefficient (Wildman–Crippen LogP) is 9.84. The molecule has 0 fully saturated rings. The first kappa shape index (κ1) is 28.8. The number of benzene rings is 6. The fourth-order valence-electron chi connectivity index (χ4n) is 7.36. The van der Waals surface area contributed by atoms with Gasteiger partial charge in [0.05, 0.1) is 11.0 Å². The van der Waals surface area contributed by atoms with Gasteiger partial charge in [0.25, 0.3) is 0 Å². The van der Waals surface area contributed by atoms with Crippen molar-refractivity contribution in [3.63, 3.8) is 0 Å². The van der Waals surface area contributed by atoms with E-state index in [9.17, 15) is 4.79 Å². The number of carbonyl (C=O) groups excluding carboxylic acids is 1. The summed E-state index contributed by atoms with van der Waals surface area (Å²) in [4.78, 5) is 26.2. The van der Waals surface area contributed by atoms with Gasteiger partial charge in [0.1, 0.15) is 0 Å². The van der Waals surface area contributed by atoms with Gasteiger partial charge in [0.15, 0.2) is 11.6 Å². The SMILES string of the molecule is CC1(C)c2ccc(NC=O)cc2-c2ccc(-c3ccc4c(c3)c3ccccc3n4-c3nc(-c4ccccc4)nc(-c4ccccc4)n3)cc21. The third kappa shape index (κ3) is 4.64. The largest absolute Gasteiger partial charge is 0.329 e. The average molecular weight is 634 g/mol. The number of fused-ring (bicyclic) bond motifs is 6. The molecule has 0 radical (unpaired) electrons. The zero-order chi connectivity index (χ0) is 33.1. The summed E-state index contributed by atoms with van der Waals surface area (Å²) in [7, 11) is 0. The van der Waals surface area contributed by atoms with E-state index in [1.54, 1.807) is 0 Å². The first-order valence-electron chi connectivity index (χ1n) is 16.4. The molecular weight excluding hydrogens is 603 g/mol. The van der Waals surface area contributed by atoms with E-state index in [-0.39, 0.29) is 5.41 Å². The first-order valence-corrected chi connectivity index (χ1v) is 16.4. The van der Waals surface area contributed by atoms with Gasteiger partial charge < -0.3 is 5.32 Å². The number of para-hydroxylation sites is 1. The van der Waals surface area contributed by atoms with Crippen LogP contribution in [-0.2, 0) is 10.2 Å². The molecule has 234 valence electrons. The number of anilines is 1. The second kappa shape index (κ2) is 11.1. The highest BCUT2D eigenvalue weighted by Crippen LogP contribution is 2.50. The number of hydrogen-bond acceptors (Lipinski definition) is 4. The Morgan fingerprint density at radius 1 is 0.551 bits per heavy atom. The molecule has 1 amide bonds. The number of nitrogens with one attached hydrogen (secondary N) is 1. The number of amides is 1. The summed E-state index contributed by atoms with van der Waals surface area (Å²) >= 11 is 0. The summed E-state index contributed by atoms with van der Waals surface area (Å²) in [6, 6.07) is 48.2. The third-order valence-electron chi connectivity index (χ3n) is 9.80. The van der Waals surface area contributed by atoms with Crippen LogP contribution in [0.3, 0.4) is 0 Å². The molecule has 1 N–H and O–H groups in total. The molecule has 6 aromatic carbocycles. The van der Waals surface area contributed by atoms with E-state index < -0.39 is 0 Å². The molecule has 0 aliphatic heterocycles. The van der Waals surface area contributed by atoms with Crippen LogP contribution in [0.1, 0.15) is 25.0 Å². The smallest absolute Gasteiger partial charge is 0.238 e. The van der Waals surface area contributed by atoms with Crippen LogP contribution in [0.15, 0.2) is 140 Å². The minimum absolute atomic E-state index is 0.174. The maximum Gasteiger partial charge on any atom is 0.238 e. The van der Waals surface area contributed by atoms with Gasteiger partial charge in [-0.3, -0.25) is 9.36 Å². The highest BCUT2D eigenvalue weighted by molar-refractivity contribution is 6.10. The number of hydrogen-bond donors (Lipinski definition) is 1. The topological polar surface area (TPSA) is 72.7 Å². The highest BCUT2D eigenvalue weighted by Gasteiger charge is 2.35. The van der Waals surface area contributed by atoms with Crippen LogP contribution in [0.5, 0.6) is 0 Å².